The quantitative estimate of drug-likeness (QED) is 0.381. The van der Waals surface area contributed by atoms with Crippen LogP contribution < -0.4 is 10.6 Å². The maximum absolute atomic E-state index is 10.6. The summed E-state index contributed by atoms with van der Waals surface area (Å²) in [6, 6.07) is 14.7. The van der Waals surface area contributed by atoms with Gasteiger partial charge in [-0.2, -0.15) is 0 Å². The third-order valence-corrected chi connectivity index (χ3v) is 7.76. The highest BCUT2D eigenvalue weighted by Crippen LogP contribution is 2.29. The van der Waals surface area contributed by atoms with Crippen LogP contribution in [0.25, 0.3) is 10.1 Å². The zero-order valence-electron chi connectivity index (χ0n) is 17.4. The molecule has 0 amide bonds. The highest BCUT2D eigenvalue weighted by molar-refractivity contribution is 7.19. The molecule has 5 nitrogen and oxygen atoms in total. The van der Waals surface area contributed by atoms with Crippen LogP contribution in [-0.4, -0.2) is 49.2 Å². The third kappa shape index (κ3) is 5.60. The second-order valence-electron chi connectivity index (χ2n) is 7.84. The summed E-state index contributed by atoms with van der Waals surface area (Å²) in [6.07, 6.45) is 1.88. The maximum atomic E-state index is 10.6. The lowest BCUT2D eigenvalue weighted by Crippen LogP contribution is -2.43. The summed E-state index contributed by atoms with van der Waals surface area (Å²) in [5.74, 6) is 1.42. The van der Waals surface area contributed by atoms with Gasteiger partial charge in [0.05, 0.1) is 0 Å². The average Bonchev–Trinajstić information content (AvgIpc) is 3.44. The van der Waals surface area contributed by atoms with Crippen LogP contribution in [0.15, 0.2) is 52.8 Å². The van der Waals surface area contributed by atoms with E-state index >= 15 is 0 Å². The molecular weight excluding hydrogens is 412 g/mol. The number of likely N-dealkylation sites (tertiary alicyclic amines) is 1. The molecule has 0 spiro atoms. The molecule has 2 aromatic heterocycles. The summed E-state index contributed by atoms with van der Waals surface area (Å²) in [6.45, 7) is 4.76. The smallest absolute Gasteiger partial charge is 0.191 e. The number of aliphatic imine (C=N–C) groups is 1. The SMILES string of the molecule is CN=C(NCC1CCN(Cc2cccs2)CC1)NCC(O)c1cc2ccccc2s1. The van der Waals surface area contributed by atoms with E-state index in [1.165, 1.54) is 27.8 Å². The molecule has 1 saturated heterocycles. The molecule has 7 heteroatoms. The minimum Gasteiger partial charge on any atom is -0.386 e. The van der Waals surface area contributed by atoms with Crippen molar-refractivity contribution in [1.29, 1.82) is 0 Å². The second-order valence-corrected chi connectivity index (χ2v) is 9.98. The lowest BCUT2D eigenvalue weighted by molar-refractivity contribution is 0.178. The van der Waals surface area contributed by atoms with Gasteiger partial charge in [0.15, 0.2) is 5.96 Å². The number of piperidine rings is 1. The molecule has 1 aliphatic rings. The van der Waals surface area contributed by atoms with Gasteiger partial charge in [0.1, 0.15) is 6.10 Å². The van der Waals surface area contributed by atoms with Crippen molar-refractivity contribution in [3.63, 3.8) is 0 Å². The van der Waals surface area contributed by atoms with E-state index in [9.17, 15) is 5.11 Å². The Hall–Kier alpha value is -1.93. The Balaban J connectivity index is 1.19. The van der Waals surface area contributed by atoms with Crippen molar-refractivity contribution in [3.05, 3.63) is 57.6 Å². The monoisotopic (exact) mass is 442 g/mol. The molecule has 0 aliphatic carbocycles. The highest BCUT2D eigenvalue weighted by Gasteiger charge is 2.20. The Bertz CT molecular complexity index is 912. The van der Waals surface area contributed by atoms with Crippen molar-refractivity contribution >= 4 is 38.7 Å². The van der Waals surface area contributed by atoms with Gasteiger partial charge >= 0.3 is 0 Å². The van der Waals surface area contributed by atoms with Gasteiger partial charge in [0.2, 0.25) is 0 Å². The number of aliphatic hydroxyl groups excluding tert-OH is 1. The molecule has 1 fully saturated rings. The standard InChI is InChI=1S/C23H30N4OS2/c1-24-23(26-15-20(28)22-13-18-5-2-3-7-21(18)30-22)25-14-17-8-10-27(11-9-17)16-19-6-4-12-29-19/h2-7,12-13,17,20,28H,8-11,14-16H2,1H3,(H2,24,25,26). The molecule has 4 rings (SSSR count). The van der Waals surface area contributed by atoms with Crippen molar-refractivity contribution in [2.75, 3.05) is 33.2 Å². The summed E-state index contributed by atoms with van der Waals surface area (Å²) < 4.78 is 1.21. The summed E-state index contributed by atoms with van der Waals surface area (Å²) in [7, 11) is 1.78. The molecule has 160 valence electrons. The lowest BCUT2D eigenvalue weighted by Gasteiger charge is -2.32. The van der Waals surface area contributed by atoms with E-state index in [4.69, 9.17) is 0 Å². The zero-order chi connectivity index (χ0) is 20.8. The largest absolute Gasteiger partial charge is 0.386 e. The van der Waals surface area contributed by atoms with Crippen molar-refractivity contribution in [2.24, 2.45) is 10.9 Å². The fourth-order valence-electron chi connectivity index (χ4n) is 3.89. The van der Waals surface area contributed by atoms with Crippen LogP contribution in [0.5, 0.6) is 0 Å². The van der Waals surface area contributed by atoms with Gasteiger partial charge in [0.25, 0.3) is 0 Å². The predicted molar refractivity (Wildman–Crippen MR) is 128 cm³/mol. The van der Waals surface area contributed by atoms with E-state index in [1.54, 1.807) is 18.4 Å². The van der Waals surface area contributed by atoms with Gasteiger partial charge in [0, 0.05) is 41.1 Å². The minimum atomic E-state index is -0.540. The molecular formula is C23H30N4OS2. The van der Waals surface area contributed by atoms with Gasteiger partial charge in [-0.05, 0) is 60.8 Å². The number of thiophene rings is 2. The molecule has 3 heterocycles. The number of guanidine groups is 1. The number of nitrogens with zero attached hydrogens (tertiary/aromatic N) is 2. The van der Waals surface area contributed by atoms with Gasteiger partial charge in [-0.1, -0.05) is 24.3 Å². The van der Waals surface area contributed by atoms with Crippen LogP contribution in [0.3, 0.4) is 0 Å². The van der Waals surface area contributed by atoms with E-state index in [1.807, 2.05) is 23.5 Å². The Morgan fingerprint density at radius 2 is 2.03 bits per heavy atom. The predicted octanol–water partition coefficient (Wildman–Crippen LogP) is 4.07. The fraction of sp³-hybridized carbons (Fsp3) is 0.435. The van der Waals surface area contributed by atoms with Crippen molar-refractivity contribution < 1.29 is 5.11 Å². The number of fused-ring (bicyclic) bond motifs is 1. The Kier molecular flexibility index (Phi) is 7.38. The number of aliphatic hydroxyl groups is 1. The van der Waals surface area contributed by atoms with Gasteiger partial charge in [-0.3, -0.25) is 9.89 Å². The van der Waals surface area contributed by atoms with E-state index < -0.39 is 6.10 Å². The van der Waals surface area contributed by atoms with E-state index in [2.05, 4.69) is 56.2 Å². The number of hydrogen-bond donors (Lipinski definition) is 3. The zero-order valence-corrected chi connectivity index (χ0v) is 19.0. The maximum Gasteiger partial charge on any atom is 0.191 e. The van der Waals surface area contributed by atoms with Crippen LogP contribution in [-0.2, 0) is 6.54 Å². The lowest BCUT2D eigenvalue weighted by atomic mass is 9.97. The molecule has 1 aliphatic heterocycles. The summed E-state index contributed by atoms with van der Waals surface area (Å²) in [4.78, 5) is 9.31. The summed E-state index contributed by atoms with van der Waals surface area (Å²) in [5, 5.41) is 20.6. The Labute approximate surface area is 186 Å². The Morgan fingerprint density at radius 3 is 2.77 bits per heavy atom. The molecule has 1 atom stereocenters. The highest BCUT2D eigenvalue weighted by atomic mass is 32.1. The first-order valence-electron chi connectivity index (χ1n) is 10.6. The third-order valence-electron chi connectivity index (χ3n) is 5.68. The molecule has 30 heavy (non-hydrogen) atoms. The van der Waals surface area contributed by atoms with Crippen molar-refractivity contribution in [3.8, 4) is 0 Å². The molecule has 0 radical (unpaired) electrons. The summed E-state index contributed by atoms with van der Waals surface area (Å²) >= 11 is 3.49. The molecule has 3 aromatic rings. The van der Waals surface area contributed by atoms with Crippen LogP contribution in [0.4, 0.5) is 0 Å². The fourth-order valence-corrected chi connectivity index (χ4v) is 5.69. The van der Waals surface area contributed by atoms with Crippen molar-refractivity contribution in [2.45, 2.75) is 25.5 Å². The number of nitrogens with one attached hydrogen (secondary N) is 2. The first-order chi connectivity index (χ1) is 14.7. The van der Waals surface area contributed by atoms with Gasteiger partial charge in [-0.15, -0.1) is 22.7 Å². The minimum absolute atomic E-state index is 0.450. The molecule has 3 N–H and O–H groups in total. The van der Waals surface area contributed by atoms with Gasteiger partial charge < -0.3 is 15.7 Å². The first-order valence-corrected chi connectivity index (χ1v) is 12.3. The molecule has 0 saturated carbocycles. The second kappa shape index (κ2) is 10.4. The normalized spacial score (nSPS) is 17.3. The Morgan fingerprint density at radius 1 is 1.20 bits per heavy atom. The van der Waals surface area contributed by atoms with E-state index in [0.717, 1.165) is 37.0 Å². The van der Waals surface area contributed by atoms with E-state index in [-0.39, 0.29) is 0 Å². The molecule has 1 aromatic carbocycles. The average molecular weight is 443 g/mol. The topological polar surface area (TPSA) is 59.9 Å². The van der Waals surface area contributed by atoms with Crippen LogP contribution in [0.1, 0.15) is 28.7 Å². The number of rotatable bonds is 7. The van der Waals surface area contributed by atoms with Gasteiger partial charge in [-0.25, -0.2) is 0 Å². The number of benzene rings is 1. The summed E-state index contributed by atoms with van der Waals surface area (Å²) in [5.41, 5.74) is 0. The van der Waals surface area contributed by atoms with E-state index in [0.29, 0.717) is 12.5 Å². The van der Waals surface area contributed by atoms with Crippen LogP contribution in [0.2, 0.25) is 0 Å². The number of hydrogen-bond acceptors (Lipinski definition) is 5. The first kappa shape index (κ1) is 21.3. The van der Waals surface area contributed by atoms with Crippen LogP contribution in [0, 0.1) is 5.92 Å². The van der Waals surface area contributed by atoms with Crippen molar-refractivity contribution in [1.82, 2.24) is 15.5 Å². The van der Waals surface area contributed by atoms with Crippen LogP contribution >= 0.6 is 22.7 Å². The molecule has 1 unspecified atom stereocenters. The molecule has 0 bridgehead atoms.